The van der Waals surface area contributed by atoms with Crippen LogP contribution in [0.15, 0.2) is 16.7 Å². The quantitative estimate of drug-likeness (QED) is 0.732. The van der Waals surface area contributed by atoms with Gasteiger partial charge in [0.2, 0.25) is 0 Å². The third kappa shape index (κ3) is 2.31. The Bertz CT molecular complexity index is 375. The Morgan fingerprint density at radius 1 is 1.50 bits per heavy atom. The molecule has 1 aromatic rings. The van der Waals surface area contributed by atoms with E-state index in [4.69, 9.17) is 0 Å². The van der Waals surface area contributed by atoms with Crippen LogP contribution >= 0.6 is 15.9 Å². The molecule has 0 bridgehead atoms. The first kappa shape index (κ1) is 11.2. The van der Waals surface area contributed by atoms with Crippen molar-refractivity contribution in [1.82, 2.24) is 4.98 Å². The van der Waals surface area contributed by atoms with E-state index in [1.54, 1.807) is 0 Å². The molecule has 0 aliphatic heterocycles. The fraction of sp³-hybridized carbons (Fsp3) is 0.250. The third-order valence-electron chi connectivity index (χ3n) is 1.49. The maximum absolute atomic E-state index is 12.4. The van der Waals surface area contributed by atoms with Crippen LogP contribution in [0.5, 0.6) is 0 Å². The van der Waals surface area contributed by atoms with E-state index >= 15 is 0 Å². The molecule has 0 N–H and O–H groups in total. The summed E-state index contributed by atoms with van der Waals surface area (Å²) in [5.74, 6) is -0.704. The Morgan fingerprint density at radius 3 is 2.50 bits per heavy atom. The van der Waals surface area contributed by atoms with Crippen molar-refractivity contribution in [2.75, 3.05) is 0 Å². The number of carbonyl (C=O) groups excluding carboxylic acids is 1. The summed E-state index contributed by atoms with van der Waals surface area (Å²) in [5, 5.41) is 0. The second-order valence-electron chi connectivity index (χ2n) is 2.60. The van der Waals surface area contributed by atoms with Crippen LogP contribution in [0.4, 0.5) is 13.2 Å². The van der Waals surface area contributed by atoms with E-state index in [0.29, 0.717) is 0 Å². The molecule has 0 saturated heterocycles. The molecule has 6 heteroatoms. The highest BCUT2D eigenvalue weighted by molar-refractivity contribution is 9.10. The molecule has 0 radical (unpaired) electrons. The molecule has 0 aliphatic rings. The Morgan fingerprint density at radius 2 is 2.07 bits per heavy atom. The van der Waals surface area contributed by atoms with E-state index in [2.05, 4.69) is 20.9 Å². The van der Waals surface area contributed by atoms with Gasteiger partial charge in [0.1, 0.15) is 5.69 Å². The Labute approximate surface area is 86.3 Å². The summed E-state index contributed by atoms with van der Waals surface area (Å²) in [4.78, 5) is 14.3. The maximum atomic E-state index is 12.4. The number of hydrogen-bond donors (Lipinski definition) is 0. The first-order chi connectivity index (χ1) is 6.32. The SMILES string of the molecule is CC(=O)c1ncc(Br)cc1C(F)(F)F. The molecule has 0 saturated carbocycles. The molecule has 0 fully saturated rings. The van der Waals surface area contributed by atoms with Crippen molar-refractivity contribution in [2.24, 2.45) is 0 Å². The van der Waals surface area contributed by atoms with Crippen LogP contribution in [0.3, 0.4) is 0 Å². The topological polar surface area (TPSA) is 30.0 Å². The van der Waals surface area contributed by atoms with Gasteiger partial charge in [-0.25, -0.2) is 0 Å². The summed E-state index contributed by atoms with van der Waals surface area (Å²) in [5.41, 5.74) is -1.57. The van der Waals surface area contributed by atoms with Gasteiger partial charge in [-0.15, -0.1) is 0 Å². The molecule has 2 nitrogen and oxygen atoms in total. The molecule has 1 aromatic heterocycles. The molecule has 0 aromatic carbocycles. The van der Waals surface area contributed by atoms with Gasteiger partial charge in [-0.3, -0.25) is 9.78 Å². The van der Waals surface area contributed by atoms with Crippen LogP contribution in [0.25, 0.3) is 0 Å². The summed E-state index contributed by atoms with van der Waals surface area (Å²) in [6, 6.07) is 0.837. The Balaban J connectivity index is 3.38. The number of rotatable bonds is 1. The molecular formula is C8H5BrF3NO. The molecule has 0 unspecified atom stereocenters. The number of halogens is 4. The molecule has 0 aliphatic carbocycles. The molecular weight excluding hydrogens is 263 g/mol. The number of hydrogen-bond acceptors (Lipinski definition) is 2. The summed E-state index contributed by atoms with van der Waals surface area (Å²) in [6.45, 7) is 1.05. The van der Waals surface area contributed by atoms with Gasteiger partial charge in [-0.05, 0) is 22.0 Å². The van der Waals surface area contributed by atoms with Crippen LogP contribution in [0.2, 0.25) is 0 Å². The van der Waals surface area contributed by atoms with E-state index in [1.807, 2.05) is 0 Å². The summed E-state index contributed by atoms with van der Waals surface area (Å²) in [6.07, 6.45) is -3.40. The van der Waals surface area contributed by atoms with E-state index < -0.39 is 23.2 Å². The van der Waals surface area contributed by atoms with Crippen LogP contribution in [-0.2, 0) is 6.18 Å². The van der Waals surface area contributed by atoms with Gasteiger partial charge in [0, 0.05) is 17.6 Å². The van der Waals surface area contributed by atoms with Gasteiger partial charge in [-0.2, -0.15) is 13.2 Å². The number of nitrogens with zero attached hydrogens (tertiary/aromatic N) is 1. The van der Waals surface area contributed by atoms with E-state index in [1.165, 1.54) is 0 Å². The second kappa shape index (κ2) is 3.68. The molecule has 0 amide bonds. The first-order valence-electron chi connectivity index (χ1n) is 3.56. The highest BCUT2D eigenvalue weighted by Gasteiger charge is 2.35. The fourth-order valence-corrected chi connectivity index (χ4v) is 1.27. The molecule has 14 heavy (non-hydrogen) atoms. The zero-order chi connectivity index (χ0) is 10.9. The number of aromatic nitrogens is 1. The first-order valence-corrected chi connectivity index (χ1v) is 4.35. The number of Topliss-reactive ketones (excluding diaryl/α,β-unsaturated/α-hetero) is 1. The van der Waals surface area contributed by atoms with E-state index in [0.717, 1.165) is 19.2 Å². The van der Waals surface area contributed by atoms with Crippen molar-refractivity contribution in [1.29, 1.82) is 0 Å². The minimum atomic E-state index is -4.56. The van der Waals surface area contributed by atoms with Crippen molar-refractivity contribution in [2.45, 2.75) is 13.1 Å². The summed E-state index contributed by atoms with van der Waals surface area (Å²) < 4.78 is 37.3. The lowest BCUT2D eigenvalue weighted by Crippen LogP contribution is -2.13. The van der Waals surface area contributed by atoms with Gasteiger partial charge >= 0.3 is 6.18 Å². The highest BCUT2D eigenvalue weighted by atomic mass is 79.9. The van der Waals surface area contributed by atoms with Crippen molar-refractivity contribution in [3.63, 3.8) is 0 Å². The van der Waals surface area contributed by atoms with E-state index in [-0.39, 0.29) is 4.47 Å². The molecule has 1 rings (SSSR count). The van der Waals surface area contributed by atoms with Gasteiger partial charge in [0.25, 0.3) is 0 Å². The highest BCUT2D eigenvalue weighted by Crippen LogP contribution is 2.32. The monoisotopic (exact) mass is 267 g/mol. The zero-order valence-corrected chi connectivity index (χ0v) is 8.61. The smallest absolute Gasteiger partial charge is 0.293 e. The van der Waals surface area contributed by atoms with Crippen molar-refractivity contribution < 1.29 is 18.0 Å². The largest absolute Gasteiger partial charge is 0.418 e. The minimum absolute atomic E-state index is 0.190. The number of ketones is 1. The van der Waals surface area contributed by atoms with Crippen LogP contribution in [0, 0.1) is 0 Å². The second-order valence-corrected chi connectivity index (χ2v) is 3.52. The predicted octanol–water partition coefficient (Wildman–Crippen LogP) is 3.07. The number of alkyl halides is 3. The fourth-order valence-electron chi connectivity index (χ4n) is 0.936. The van der Waals surface area contributed by atoms with Crippen LogP contribution in [0.1, 0.15) is 23.0 Å². The average Bonchev–Trinajstić information content (AvgIpc) is 2.01. The molecule has 76 valence electrons. The standard InChI is InChI=1S/C8H5BrF3NO/c1-4(14)7-6(8(10,11)12)2-5(9)3-13-7/h2-3H,1H3. The minimum Gasteiger partial charge on any atom is -0.293 e. The Hall–Kier alpha value is -0.910. The summed E-state index contributed by atoms with van der Waals surface area (Å²) >= 11 is 2.86. The lowest BCUT2D eigenvalue weighted by atomic mass is 10.1. The number of pyridine rings is 1. The van der Waals surface area contributed by atoms with Crippen LogP contribution < -0.4 is 0 Å². The van der Waals surface area contributed by atoms with Crippen molar-refractivity contribution in [3.8, 4) is 0 Å². The van der Waals surface area contributed by atoms with E-state index in [9.17, 15) is 18.0 Å². The molecule has 0 spiro atoms. The van der Waals surface area contributed by atoms with Gasteiger partial charge in [-0.1, -0.05) is 0 Å². The van der Waals surface area contributed by atoms with Gasteiger partial charge < -0.3 is 0 Å². The molecule has 1 heterocycles. The normalized spacial score (nSPS) is 11.5. The van der Waals surface area contributed by atoms with Gasteiger partial charge in [0.05, 0.1) is 5.56 Å². The lowest BCUT2D eigenvalue weighted by Gasteiger charge is -2.09. The van der Waals surface area contributed by atoms with Crippen LogP contribution in [-0.4, -0.2) is 10.8 Å². The maximum Gasteiger partial charge on any atom is 0.418 e. The Kier molecular flexibility index (Phi) is 2.94. The zero-order valence-electron chi connectivity index (χ0n) is 7.02. The van der Waals surface area contributed by atoms with Crippen molar-refractivity contribution in [3.05, 3.63) is 28.0 Å². The average molecular weight is 268 g/mol. The lowest BCUT2D eigenvalue weighted by molar-refractivity contribution is -0.138. The third-order valence-corrected chi connectivity index (χ3v) is 1.93. The van der Waals surface area contributed by atoms with Crippen molar-refractivity contribution >= 4 is 21.7 Å². The predicted molar refractivity (Wildman–Crippen MR) is 46.9 cm³/mol. The van der Waals surface area contributed by atoms with Gasteiger partial charge in [0.15, 0.2) is 5.78 Å². The number of carbonyl (C=O) groups is 1. The molecule has 0 atom stereocenters. The summed E-state index contributed by atoms with van der Waals surface area (Å²) in [7, 11) is 0.